The van der Waals surface area contributed by atoms with Crippen molar-refractivity contribution in [3.8, 4) is 11.1 Å². The zero-order valence-electron chi connectivity index (χ0n) is 33.1. The lowest BCUT2D eigenvalue weighted by atomic mass is 9.98. The summed E-state index contributed by atoms with van der Waals surface area (Å²) in [7, 11) is 0. The van der Waals surface area contributed by atoms with Crippen LogP contribution in [0.4, 0.5) is 4.79 Å². The normalized spacial score (nSPS) is 13.4. The Labute approximate surface area is 326 Å². The van der Waals surface area contributed by atoms with Crippen LogP contribution in [0, 0.1) is 0 Å². The number of carboxylic acid groups (broad SMARTS) is 1. The molecule has 2 aromatic rings. The molecule has 53 heavy (non-hydrogen) atoms. The maximum Gasteiger partial charge on any atom is 0.407 e. The molecule has 0 fully saturated rings. The van der Waals surface area contributed by atoms with E-state index in [0.29, 0.717) is 19.0 Å². The Morgan fingerprint density at radius 2 is 1.13 bits per heavy atom. The predicted octanol–water partition coefficient (Wildman–Crippen LogP) is 12.0. The van der Waals surface area contributed by atoms with E-state index in [2.05, 4.69) is 43.4 Å². The highest BCUT2D eigenvalue weighted by molar-refractivity contribution is 7.99. The molecule has 3 rings (SSSR count). The minimum atomic E-state index is -1.08. The van der Waals surface area contributed by atoms with E-state index in [4.69, 9.17) is 14.2 Å². The fraction of sp³-hybridized carbons (Fsp3) is 0.689. The SMILES string of the molecule is CCCCCCCCCCCCOC[C@@H](CSC[C@H](NC(=O)OCC1c2ccccc2-c2ccccc21)C(=O)O)OCCCCCCCCCCCC. The first-order chi connectivity index (χ1) is 26.0. The third kappa shape index (κ3) is 18.6. The van der Waals surface area contributed by atoms with E-state index in [1.165, 1.54) is 127 Å². The summed E-state index contributed by atoms with van der Waals surface area (Å²) in [6, 6.07) is 15.2. The van der Waals surface area contributed by atoms with E-state index < -0.39 is 18.1 Å². The van der Waals surface area contributed by atoms with Gasteiger partial charge in [0.25, 0.3) is 0 Å². The average Bonchev–Trinajstić information content (AvgIpc) is 3.49. The standard InChI is InChI=1S/C45H71NO6S/c1-3-5-7-9-11-13-15-17-19-25-31-50-33-37(51-32-26-20-18-16-14-12-10-8-6-4-2)35-53-36-43(44(47)48)46-45(49)52-34-42-40-29-23-21-27-38(40)39-28-22-24-30-41(39)42/h21-24,27-30,37,42-43H,3-20,25-26,31-36H2,1-2H3,(H,46,49)(H,47,48)/t37-,43-/m0/s1. The number of carbonyl (C=O) groups excluding carboxylic acids is 1. The molecule has 0 saturated carbocycles. The fourth-order valence-corrected chi connectivity index (χ4v) is 8.22. The maximum atomic E-state index is 12.9. The molecule has 1 aliphatic carbocycles. The summed E-state index contributed by atoms with van der Waals surface area (Å²) in [4.78, 5) is 25.0. The van der Waals surface area contributed by atoms with Gasteiger partial charge in [-0.05, 0) is 35.1 Å². The molecule has 0 spiro atoms. The molecule has 298 valence electrons. The number of hydrogen-bond donors (Lipinski definition) is 2. The van der Waals surface area contributed by atoms with Crippen molar-refractivity contribution in [1.29, 1.82) is 0 Å². The van der Waals surface area contributed by atoms with Crippen LogP contribution in [0.25, 0.3) is 11.1 Å². The summed E-state index contributed by atoms with van der Waals surface area (Å²) in [5, 5.41) is 12.5. The molecule has 0 radical (unpaired) electrons. The van der Waals surface area contributed by atoms with E-state index in [1.54, 1.807) is 0 Å². The molecule has 8 heteroatoms. The zero-order valence-corrected chi connectivity index (χ0v) is 33.9. The summed E-state index contributed by atoms with van der Waals surface area (Å²) < 4.78 is 18.0. The fourth-order valence-electron chi connectivity index (χ4n) is 7.16. The van der Waals surface area contributed by atoms with Gasteiger partial charge in [0.15, 0.2) is 0 Å². The highest BCUT2D eigenvalue weighted by Gasteiger charge is 2.30. The van der Waals surface area contributed by atoms with E-state index in [-0.39, 0.29) is 24.4 Å². The van der Waals surface area contributed by atoms with Gasteiger partial charge in [-0.25, -0.2) is 9.59 Å². The molecule has 0 aromatic heterocycles. The van der Waals surface area contributed by atoms with Crippen LogP contribution in [0.3, 0.4) is 0 Å². The predicted molar refractivity (Wildman–Crippen MR) is 221 cm³/mol. The average molecular weight is 754 g/mol. The van der Waals surface area contributed by atoms with Crippen molar-refractivity contribution < 1.29 is 28.9 Å². The molecule has 2 aromatic carbocycles. The number of ether oxygens (including phenoxy) is 3. The molecular weight excluding hydrogens is 683 g/mol. The summed E-state index contributed by atoms with van der Waals surface area (Å²) >= 11 is 1.48. The molecule has 0 aliphatic heterocycles. The van der Waals surface area contributed by atoms with E-state index in [9.17, 15) is 14.7 Å². The van der Waals surface area contributed by atoms with Crippen molar-refractivity contribution in [2.75, 3.05) is 37.9 Å². The lowest BCUT2D eigenvalue weighted by Gasteiger charge is -2.20. The van der Waals surface area contributed by atoms with Crippen molar-refractivity contribution >= 4 is 23.8 Å². The van der Waals surface area contributed by atoms with E-state index in [1.807, 2.05) is 24.3 Å². The van der Waals surface area contributed by atoms with Gasteiger partial charge < -0.3 is 24.6 Å². The van der Waals surface area contributed by atoms with Crippen molar-refractivity contribution in [1.82, 2.24) is 5.32 Å². The van der Waals surface area contributed by atoms with Gasteiger partial charge in [0, 0.05) is 30.6 Å². The number of benzene rings is 2. The summed E-state index contributed by atoms with van der Waals surface area (Å²) in [6.07, 6.45) is 24.8. The van der Waals surface area contributed by atoms with Gasteiger partial charge in [0.1, 0.15) is 12.6 Å². The molecule has 1 aliphatic rings. The van der Waals surface area contributed by atoms with Gasteiger partial charge in [0.05, 0.1) is 12.7 Å². The highest BCUT2D eigenvalue weighted by Crippen LogP contribution is 2.44. The Balaban J connectivity index is 1.37. The number of carboxylic acids is 1. The third-order valence-electron chi connectivity index (χ3n) is 10.3. The van der Waals surface area contributed by atoms with Crippen LogP contribution in [-0.2, 0) is 19.0 Å². The van der Waals surface area contributed by atoms with Crippen LogP contribution in [0.1, 0.15) is 159 Å². The second kappa shape index (κ2) is 28.8. The lowest BCUT2D eigenvalue weighted by Crippen LogP contribution is -2.43. The number of hydrogen-bond acceptors (Lipinski definition) is 6. The molecular formula is C45H71NO6S. The topological polar surface area (TPSA) is 94.1 Å². The number of carbonyl (C=O) groups is 2. The van der Waals surface area contributed by atoms with Crippen LogP contribution < -0.4 is 5.32 Å². The number of unbranched alkanes of at least 4 members (excludes halogenated alkanes) is 18. The molecule has 2 N–H and O–H groups in total. The molecule has 0 heterocycles. The number of nitrogens with one attached hydrogen (secondary N) is 1. The smallest absolute Gasteiger partial charge is 0.407 e. The number of rotatable bonds is 33. The monoisotopic (exact) mass is 754 g/mol. The van der Waals surface area contributed by atoms with Gasteiger partial charge >= 0.3 is 12.1 Å². The summed E-state index contributed by atoms with van der Waals surface area (Å²) in [5.74, 6) is -0.340. The van der Waals surface area contributed by atoms with Gasteiger partial charge in [-0.2, -0.15) is 11.8 Å². The Morgan fingerprint density at radius 1 is 0.660 bits per heavy atom. The lowest BCUT2D eigenvalue weighted by molar-refractivity contribution is -0.138. The minimum absolute atomic E-state index is 0.0837. The van der Waals surface area contributed by atoms with Crippen molar-refractivity contribution in [3.63, 3.8) is 0 Å². The maximum absolute atomic E-state index is 12.9. The Morgan fingerprint density at radius 3 is 1.64 bits per heavy atom. The van der Waals surface area contributed by atoms with Crippen LogP contribution in [0.15, 0.2) is 48.5 Å². The van der Waals surface area contributed by atoms with Crippen molar-refractivity contribution in [2.24, 2.45) is 0 Å². The number of alkyl carbamates (subject to hydrolysis) is 1. The largest absolute Gasteiger partial charge is 0.480 e. The van der Waals surface area contributed by atoms with Crippen LogP contribution in [0.5, 0.6) is 0 Å². The first-order valence-corrected chi connectivity index (χ1v) is 22.3. The van der Waals surface area contributed by atoms with Crippen molar-refractivity contribution in [2.45, 2.75) is 160 Å². The Hall–Kier alpha value is -2.55. The van der Waals surface area contributed by atoms with Crippen LogP contribution >= 0.6 is 11.8 Å². The highest BCUT2D eigenvalue weighted by atomic mass is 32.2. The first-order valence-electron chi connectivity index (χ1n) is 21.2. The summed E-state index contributed by atoms with van der Waals surface area (Å²) in [5.41, 5.74) is 4.53. The minimum Gasteiger partial charge on any atom is -0.480 e. The Bertz CT molecular complexity index is 1210. The van der Waals surface area contributed by atoms with Crippen LogP contribution in [-0.4, -0.2) is 67.2 Å². The zero-order chi connectivity index (χ0) is 37.8. The number of amides is 1. The Kier molecular flexibility index (Phi) is 24.4. The van der Waals surface area contributed by atoms with Gasteiger partial charge in [-0.15, -0.1) is 0 Å². The van der Waals surface area contributed by atoms with Gasteiger partial charge in [0.2, 0.25) is 0 Å². The van der Waals surface area contributed by atoms with Crippen molar-refractivity contribution in [3.05, 3.63) is 59.7 Å². The number of aliphatic carboxylic acids is 1. The molecule has 0 unspecified atom stereocenters. The first kappa shape index (κ1) is 44.8. The van der Waals surface area contributed by atoms with E-state index >= 15 is 0 Å². The second-order valence-electron chi connectivity index (χ2n) is 14.8. The molecule has 7 nitrogen and oxygen atoms in total. The van der Waals surface area contributed by atoms with Gasteiger partial charge in [-0.1, -0.05) is 178 Å². The van der Waals surface area contributed by atoms with Crippen LogP contribution in [0.2, 0.25) is 0 Å². The third-order valence-corrected chi connectivity index (χ3v) is 11.5. The number of thioether (sulfide) groups is 1. The molecule has 2 atom stereocenters. The number of fused-ring (bicyclic) bond motifs is 3. The molecule has 0 saturated heterocycles. The second-order valence-corrected chi connectivity index (χ2v) is 15.9. The van der Waals surface area contributed by atoms with E-state index in [0.717, 1.165) is 41.7 Å². The quantitative estimate of drug-likeness (QED) is 0.0701. The van der Waals surface area contributed by atoms with Gasteiger partial charge in [-0.3, -0.25) is 0 Å². The molecule has 0 bridgehead atoms. The summed E-state index contributed by atoms with van der Waals surface area (Å²) in [6.45, 7) is 6.57. The molecule has 1 amide bonds.